The second-order valence-corrected chi connectivity index (χ2v) is 5.27. The summed E-state index contributed by atoms with van der Waals surface area (Å²) in [5.74, 6) is 0.425. The van der Waals surface area contributed by atoms with Crippen molar-refractivity contribution in [3.63, 3.8) is 0 Å². The van der Waals surface area contributed by atoms with E-state index < -0.39 is 0 Å². The number of hydrogen-bond acceptors (Lipinski definition) is 3. The zero-order valence-electron chi connectivity index (χ0n) is 11.9. The van der Waals surface area contributed by atoms with Gasteiger partial charge in [0.25, 0.3) is 0 Å². The van der Waals surface area contributed by atoms with Crippen LogP contribution in [0.5, 0.6) is 0 Å². The third kappa shape index (κ3) is 8.90. The van der Waals surface area contributed by atoms with Gasteiger partial charge in [0.2, 0.25) is 5.91 Å². The molecule has 0 aromatic rings. The Morgan fingerprint density at radius 3 is 2.00 bits per heavy atom. The summed E-state index contributed by atoms with van der Waals surface area (Å²) in [6, 6.07) is -0.370. The monoisotopic (exact) mass is 255 g/mol. The third-order valence-electron chi connectivity index (χ3n) is 2.72. The molecular formula is C14H25NO3. The van der Waals surface area contributed by atoms with Gasteiger partial charge in [0.05, 0.1) is 6.04 Å². The van der Waals surface area contributed by atoms with Crippen LogP contribution in [0.15, 0.2) is 0 Å². The average molecular weight is 255 g/mol. The highest BCUT2D eigenvalue weighted by atomic mass is 16.2. The maximum atomic E-state index is 11.6. The second-order valence-electron chi connectivity index (χ2n) is 5.27. The van der Waals surface area contributed by atoms with Crippen LogP contribution < -0.4 is 5.32 Å². The lowest BCUT2D eigenvalue weighted by molar-refractivity contribution is -0.127. The Labute approximate surface area is 110 Å². The summed E-state index contributed by atoms with van der Waals surface area (Å²) in [6.45, 7) is 7.10. The van der Waals surface area contributed by atoms with Crippen molar-refractivity contribution in [2.24, 2.45) is 5.92 Å². The third-order valence-corrected chi connectivity index (χ3v) is 2.72. The number of ketones is 2. The molecule has 0 aliphatic heterocycles. The van der Waals surface area contributed by atoms with E-state index in [1.54, 1.807) is 6.92 Å². The molecule has 0 heterocycles. The minimum Gasteiger partial charge on any atom is -0.346 e. The van der Waals surface area contributed by atoms with E-state index in [9.17, 15) is 14.4 Å². The number of carbonyl (C=O) groups is 3. The van der Waals surface area contributed by atoms with Crippen LogP contribution in [0.3, 0.4) is 0 Å². The highest BCUT2D eigenvalue weighted by Gasteiger charge is 2.17. The zero-order valence-corrected chi connectivity index (χ0v) is 11.9. The summed E-state index contributed by atoms with van der Waals surface area (Å²) < 4.78 is 0. The van der Waals surface area contributed by atoms with E-state index in [0.717, 1.165) is 6.42 Å². The molecule has 0 spiro atoms. The first-order chi connectivity index (χ1) is 8.32. The maximum absolute atomic E-state index is 11.6. The molecule has 4 nitrogen and oxygen atoms in total. The molecule has 104 valence electrons. The molecule has 0 aliphatic rings. The fourth-order valence-corrected chi connectivity index (χ4v) is 1.72. The number of amides is 1. The molecule has 0 saturated heterocycles. The summed E-state index contributed by atoms with van der Waals surface area (Å²) in [6.07, 6.45) is 3.01. The average Bonchev–Trinajstić information content (AvgIpc) is 2.22. The second kappa shape index (κ2) is 8.84. The molecule has 0 radical (unpaired) electrons. The smallest absolute Gasteiger partial charge is 0.220 e. The number of Topliss-reactive ketones (excluding diaryl/α,β-unsaturated/α-hetero) is 2. The normalized spacial score (nSPS) is 12.3. The van der Waals surface area contributed by atoms with E-state index >= 15 is 0 Å². The molecule has 0 rings (SSSR count). The molecular weight excluding hydrogens is 230 g/mol. The SMILES string of the molecule is CC(=O)CCCCC(=O)N[C@@H](CC(C)C)C(C)=O. The number of carbonyl (C=O) groups excluding carboxylic acids is 3. The van der Waals surface area contributed by atoms with Crippen LogP contribution in [0, 0.1) is 5.92 Å². The van der Waals surface area contributed by atoms with Crippen LogP contribution in [0.2, 0.25) is 0 Å². The van der Waals surface area contributed by atoms with Crippen molar-refractivity contribution in [2.45, 2.75) is 65.8 Å². The lowest BCUT2D eigenvalue weighted by Crippen LogP contribution is -2.40. The Hall–Kier alpha value is -1.19. The lowest BCUT2D eigenvalue weighted by atomic mass is 10.0. The van der Waals surface area contributed by atoms with Gasteiger partial charge in [-0.15, -0.1) is 0 Å². The van der Waals surface area contributed by atoms with Gasteiger partial charge in [-0.2, -0.15) is 0 Å². The Bertz CT molecular complexity index is 297. The standard InChI is InChI=1S/C14H25NO3/c1-10(2)9-13(12(4)17)15-14(18)8-6-5-7-11(3)16/h10,13H,5-9H2,1-4H3,(H,15,18)/t13-/m0/s1. The molecule has 1 N–H and O–H groups in total. The van der Waals surface area contributed by atoms with Gasteiger partial charge in [-0.3, -0.25) is 9.59 Å². The van der Waals surface area contributed by atoms with Crippen LogP contribution >= 0.6 is 0 Å². The van der Waals surface area contributed by atoms with Gasteiger partial charge >= 0.3 is 0 Å². The summed E-state index contributed by atoms with van der Waals surface area (Å²) in [5, 5.41) is 2.76. The minimum absolute atomic E-state index is 0.000728. The molecule has 0 fully saturated rings. The van der Waals surface area contributed by atoms with E-state index in [2.05, 4.69) is 5.32 Å². The van der Waals surface area contributed by atoms with Gasteiger partial charge < -0.3 is 10.1 Å². The molecule has 1 amide bonds. The van der Waals surface area contributed by atoms with Crippen molar-refractivity contribution in [3.8, 4) is 0 Å². The molecule has 0 aromatic carbocycles. The van der Waals surface area contributed by atoms with Gasteiger partial charge in [-0.05, 0) is 39.0 Å². The Balaban J connectivity index is 3.95. The van der Waals surface area contributed by atoms with Gasteiger partial charge in [-0.25, -0.2) is 0 Å². The van der Waals surface area contributed by atoms with Crippen LogP contribution in [0.1, 0.15) is 59.8 Å². The van der Waals surface area contributed by atoms with Crippen LogP contribution in [-0.2, 0) is 14.4 Å². The maximum Gasteiger partial charge on any atom is 0.220 e. The Morgan fingerprint density at radius 1 is 1.00 bits per heavy atom. The van der Waals surface area contributed by atoms with E-state index in [1.165, 1.54) is 6.92 Å². The van der Waals surface area contributed by atoms with Crippen molar-refractivity contribution in [3.05, 3.63) is 0 Å². The van der Waals surface area contributed by atoms with Gasteiger partial charge in [0.15, 0.2) is 5.78 Å². The molecule has 0 aromatic heterocycles. The first-order valence-corrected chi connectivity index (χ1v) is 6.62. The molecule has 18 heavy (non-hydrogen) atoms. The summed E-state index contributed by atoms with van der Waals surface area (Å²) >= 11 is 0. The van der Waals surface area contributed by atoms with Crippen molar-refractivity contribution in [1.29, 1.82) is 0 Å². The quantitative estimate of drug-likeness (QED) is 0.643. The number of rotatable bonds is 9. The Morgan fingerprint density at radius 2 is 1.56 bits per heavy atom. The van der Waals surface area contributed by atoms with Gasteiger partial charge in [-0.1, -0.05) is 13.8 Å². The first-order valence-electron chi connectivity index (χ1n) is 6.62. The zero-order chi connectivity index (χ0) is 14.1. The van der Waals surface area contributed by atoms with E-state index in [4.69, 9.17) is 0 Å². The summed E-state index contributed by atoms with van der Waals surface area (Å²) in [4.78, 5) is 33.7. The summed E-state index contributed by atoms with van der Waals surface area (Å²) in [7, 11) is 0. The fourth-order valence-electron chi connectivity index (χ4n) is 1.72. The highest BCUT2D eigenvalue weighted by Crippen LogP contribution is 2.07. The van der Waals surface area contributed by atoms with Crippen molar-refractivity contribution >= 4 is 17.5 Å². The first kappa shape index (κ1) is 16.8. The Kier molecular flexibility index (Phi) is 8.25. The van der Waals surface area contributed by atoms with Gasteiger partial charge in [0, 0.05) is 12.8 Å². The van der Waals surface area contributed by atoms with Gasteiger partial charge in [0.1, 0.15) is 5.78 Å². The fraction of sp³-hybridized carbons (Fsp3) is 0.786. The van der Waals surface area contributed by atoms with Crippen LogP contribution in [-0.4, -0.2) is 23.5 Å². The molecule has 1 atom stereocenters. The number of unbranched alkanes of at least 4 members (excludes halogenated alkanes) is 1. The molecule has 0 bridgehead atoms. The van der Waals surface area contributed by atoms with E-state index in [1.807, 2.05) is 13.8 Å². The predicted molar refractivity (Wildman–Crippen MR) is 71.2 cm³/mol. The number of hydrogen-bond donors (Lipinski definition) is 1. The van der Waals surface area contributed by atoms with Crippen LogP contribution in [0.4, 0.5) is 0 Å². The van der Waals surface area contributed by atoms with Crippen LogP contribution in [0.25, 0.3) is 0 Å². The minimum atomic E-state index is -0.370. The molecule has 0 saturated carbocycles. The van der Waals surface area contributed by atoms with Crippen molar-refractivity contribution < 1.29 is 14.4 Å². The van der Waals surface area contributed by atoms with E-state index in [0.29, 0.717) is 31.6 Å². The van der Waals surface area contributed by atoms with E-state index in [-0.39, 0.29) is 23.5 Å². The topological polar surface area (TPSA) is 63.2 Å². The van der Waals surface area contributed by atoms with Crippen molar-refractivity contribution in [2.75, 3.05) is 0 Å². The summed E-state index contributed by atoms with van der Waals surface area (Å²) in [5.41, 5.74) is 0. The molecule has 4 heteroatoms. The predicted octanol–water partition coefficient (Wildman–Crippen LogP) is 2.26. The van der Waals surface area contributed by atoms with Crippen molar-refractivity contribution in [1.82, 2.24) is 5.32 Å². The highest BCUT2D eigenvalue weighted by molar-refractivity contribution is 5.87. The molecule has 0 unspecified atom stereocenters. The number of nitrogens with one attached hydrogen (secondary N) is 1. The lowest BCUT2D eigenvalue weighted by Gasteiger charge is -2.17. The molecule has 0 aliphatic carbocycles. The largest absolute Gasteiger partial charge is 0.346 e.